The van der Waals surface area contributed by atoms with Crippen LogP contribution in [0.5, 0.6) is 0 Å². The zero-order valence-electron chi connectivity index (χ0n) is 12.5. The molecule has 5 nitrogen and oxygen atoms in total. The SMILES string of the molecule is Cl.Cl.c1ccc2c(c1)nc1n2CCN1CCN1CCOCC1. The van der Waals surface area contributed by atoms with Crippen molar-refractivity contribution >= 4 is 41.8 Å². The van der Waals surface area contributed by atoms with Crippen LogP contribution in [0, 0.1) is 0 Å². The maximum atomic E-state index is 5.40. The van der Waals surface area contributed by atoms with E-state index in [9.17, 15) is 0 Å². The topological polar surface area (TPSA) is 33.5 Å². The number of fused-ring (bicyclic) bond motifs is 3. The van der Waals surface area contributed by atoms with E-state index in [0.29, 0.717) is 0 Å². The fourth-order valence-electron chi connectivity index (χ4n) is 3.14. The monoisotopic (exact) mass is 344 g/mol. The first-order chi connectivity index (χ1) is 9.92. The highest BCUT2D eigenvalue weighted by Gasteiger charge is 2.23. The molecule has 0 spiro atoms. The minimum absolute atomic E-state index is 0. The van der Waals surface area contributed by atoms with Crippen LogP contribution in [0.3, 0.4) is 0 Å². The minimum Gasteiger partial charge on any atom is -0.379 e. The number of hydrogen-bond acceptors (Lipinski definition) is 4. The molecule has 0 unspecified atom stereocenters. The van der Waals surface area contributed by atoms with Gasteiger partial charge in [-0.2, -0.15) is 0 Å². The lowest BCUT2D eigenvalue weighted by molar-refractivity contribution is 0.0392. The third-order valence-corrected chi connectivity index (χ3v) is 4.30. The molecule has 0 aliphatic carbocycles. The molecule has 4 rings (SSSR count). The Balaban J connectivity index is 0.000000882. The number of hydrogen-bond donors (Lipinski definition) is 0. The van der Waals surface area contributed by atoms with Crippen molar-refractivity contribution in [1.82, 2.24) is 14.5 Å². The highest BCUT2D eigenvalue weighted by atomic mass is 35.5. The Bertz CT molecular complexity index is 613. The summed E-state index contributed by atoms with van der Waals surface area (Å²) in [6, 6.07) is 8.41. The van der Waals surface area contributed by atoms with E-state index in [2.05, 4.69) is 38.6 Å². The van der Waals surface area contributed by atoms with E-state index < -0.39 is 0 Å². The second-order valence-corrected chi connectivity index (χ2v) is 5.49. The molecule has 2 aliphatic heterocycles. The van der Waals surface area contributed by atoms with Crippen LogP contribution in [-0.2, 0) is 11.3 Å². The lowest BCUT2D eigenvalue weighted by Crippen LogP contribution is -2.41. The Hall–Kier alpha value is -1.01. The van der Waals surface area contributed by atoms with Gasteiger partial charge in [-0.05, 0) is 12.1 Å². The van der Waals surface area contributed by atoms with Crippen molar-refractivity contribution in [3.8, 4) is 0 Å². The summed E-state index contributed by atoms with van der Waals surface area (Å²) >= 11 is 0. The fourth-order valence-corrected chi connectivity index (χ4v) is 3.14. The van der Waals surface area contributed by atoms with Crippen molar-refractivity contribution in [3.05, 3.63) is 24.3 Å². The number of aromatic nitrogens is 2. The molecule has 1 aromatic carbocycles. The molecule has 2 aliphatic rings. The van der Waals surface area contributed by atoms with E-state index in [1.807, 2.05) is 0 Å². The number of anilines is 1. The van der Waals surface area contributed by atoms with Gasteiger partial charge in [0.1, 0.15) is 0 Å². The van der Waals surface area contributed by atoms with E-state index in [1.54, 1.807) is 0 Å². The van der Waals surface area contributed by atoms with E-state index in [1.165, 1.54) is 5.52 Å². The average Bonchev–Trinajstić information content (AvgIpc) is 3.05. The maximum absolute atomic E-state index is 5.40. The smallest absolute Gasteiger partial charge is 0.206 e. The first kappa shape index (κ1) is 17.3. The lowest BCUT2D eigenvalue weighted by atomic mass is 10.3. The first-order valence-corrected chi connectivity index (χ1v) is 7.42. The molecule has 0 N–H and O–H groups in total. The second kappa shape index (κ2) is 7.51. The van der Waals surface area contributed by atoms with Crippen molar-refractivity contribution in [2.45, 2.75) is 6.54 Å². The molecular formula is C15H22Cl2N4O. The normalized spacial score (nSPS) is 17.9. The van der Waals surface area contributed by atoms with Crippen LogP contribution in [0.2, 0.25) is 0 Å². The number of rotatable bonds is 3. The Labute approximate surface area is 143 Å². The molecule has 0 atom stereocenters. The van der Waals surface area contributed by atoms with E-state index >= 15 is 0 Å². The van der Waals surface area contributed by atoms with Gasteiger partial charge in [-0.25, -0.2) is 4.98 Å². The van der Waals surface area contributed by atoms with Gasteiger partial charge in [0, 0.05) is 39.3 Å². The van der Waals surface area contributed by atoms with Gasteiger partial charge >= 0.3 is 0 Å². The number of ether oxygens (including phenoxy) is 1. The minimum atomic E-state index is 0. The molecule has 1 aromatic heterocycles. The molecule has 0 radical (unpaired) electrons. The summed E-state index contributed by atoms with van der Waals surface area (Å²) in [5, 5.41) is 0. The zero-order chi connectivity index (χ0) is 13.4. The first-order valence-electron chi connectivity index (χ1n) is 7.42. The Morgan fingerprint density at radius 3 is 2.55 bits per heavy atom. The summed E-state index contributed by atoms with van der Waals surface area (Å²) in [4.78, 5) is 9.68. The Morgan fingerprint density at radius 2 is 1.73 bits per heavy atom. The molecule has 2 aromatic rings. The largest absolute Gasteiger partial charge is 0.379 e. The molecule has 0 amide bonds. The number of halogens is 2. The van der Waals surface area contributed by atoms with Crippen LogP contribution in [-0.4, -0.2) is 60.4 Å². The molecule has 7 heteroatoms. The summed E-state index contributed by atoms with van der Waals surface area (Å²) in [5.41, 5.74) is 2.37. The van der Waals surface area contributed by atoms with Crippen molar-refractivity contribution in [1.29, 1.82) is 0 Å². The number of imidazole rings is 1. The predicted octanol–water partition coefficient (Wildman–Crippen LogP) is 2.03. The predicted molar refractivity (Wildman–Crippen MR) is 93.7 cm³/mol. The standard InChI is InChI=1S/C15H20N4O.2ClH/c1-2-4-14-13(3-1)16-15-18(7-8-19(14)15)6-5-17-9-11-20-12-10-17;;/h1-4H,5-12H2;2*1H. The summed E-state index contributed by atoms with van der Waals surface area (Å²) in [6.45, 7) is 8.16. The number of morpholine rings is 1. The summed E-state index contributed by atoms with van der Waals surface area (Å²) in [6.07, 6.45) is 0. The van der Waals surface area contributed by atoms with Crippen LogP contribution in [0.1, 0.15) is 0 Å². The van der Waals surface area contributed by atoms with Crippen molar-refractivity contribution in [3.63, 3.8) is 0 Å². The average molecular weight is 345 g/mol. The summed E-state index contributed by atoms with van der Waals surface area (Å²) in [5.74, 6) is 1.14. The Kier molecular flexibility index (Phi) is 5.92. The van der Waals surface area contributed by atoms with Crippen LogP contribution >= 0.6 is 24.8 Å². The van der Waals surface area contributed by atoms with Crippen molar-refractivity contribution < 1.29 is 4.74 Å². The number of benzene rings is 1. The van der Waals surface area contributed by atoms with Crippen LogP contribution in [0.25, 0.3) is 11.0 Å². The summed E-state index contributed by atoms with van der Waals surface area (Å²) < 4.78 is 7.74. The van der Waals surface area contributed by atoms with Crippen molar-refractivity contribution in [2.24, 2.45) is 0 Å². The van der Waals surface area contributed by atoms with Crippen LogP contribution in [0.15, 0.2) is 24.3 Å². The van der Waals surface area contributed by atoms with Gasteiger partial charge in [-0.1, -0.05) is 12.1 Å². The fraction of sp³-hybridized carbons (Fsp3) is 0.533. The van der Waals surface area contributed by atoms with Gasteiger partial charge in [0.25, 0.3) is 0 Å². The van der Waals surface area contributed by atoms with Gasteiger partial charge in [-0.15, -0.1) is 24.8 Å². The lowest BCUT2D eigenvalue weighted by Gasteiger charge is -2.28. The molecule has 122 valence electrons. The highest BCUT2D eigenvalue weighted by Crippen LogP contribution is 2.26. The third kappa shape index (κ3) is 3.18. The third-order valence-electron chi connectivity index (χ3n) is 4.30. The van der Waals surface area contributed by atoms with Crippen LogP contribution in [0.4, 0.5) is 5.95 Å². The molecular weight excluding hydrogens is 323 g/mol. The molecule has 0 bridgehead atoms. The van der Waals surface area contributed by atoms with Gasteiger partial charge in [-0.3, -0.25) is 4.90 Å². The number of nitrogens with zero attached hydrogens (tertiary/aromatic N) is 4. The van der Waals surface area contributed by atoms with Gasteiger partial charge < -0.3 is 14.2 Å². The summed E-state index contributed by atoms with van der Waals surface area (Å²) in [7, 11) is 0. The maximum Gasteiger partial charge on any atom is 0.206 e. The molecule has 1 fully saturated rings. The van der Waals surface area contributed by atoms with Crippen LogP contribution < -0.4 is 4.90 Å². The zero-order valence-corrected chi connectivity index (χ0v) is 14.1. The van der Waals surface area contributed by atoms with Gasteiger partial charge in [0.15, 0.2) is 0 Å². The van der Waals surface area contributed by atoms with E-state index in [4.69, 9.17) is 9.72 Å². The van der Waals surface area contributed by atoms with Crippen molar-refractivity contribution in [2.75, 3.05) is 50.8 Å². The van der Waals surface area contributed by atoms with E-state index in [-0.39, 0.29) is 24.8 Å². The van der Waals surface area contributed by atoms with Gasteiger partial charge in [0.05, 0.1) is 24.2 Å². The van der Waals surface area contributed by atoms with Gasteiger partial charge in [0.2, 0.25) is 5.95 Å². The second-order valence-electron chi connectivity index (χ2n) is 5.49. The number of para-hydroxylation sites is 2. The quantitative estimate of drug-likeness (QED) is 0.853. The Morgan fingerprint density at radius 1 is 0.955 bits per heavy atom. The highest BCUT2D eigenvalue weighted by molar-refractivity contribution is 5.85. The molecule has 1 saturated heterocycles. The molecule has 22 heavy (non-hydrogen) atoms. The molecule has 3 heterocycles. The molecule has 0 saturated carbocycles. The van der Waals surface area contributed by atoms with E-state index in [0.717, 1.165) is 63.9 Å².